The highest BCUT2D eigenvalue weighted by Gasteiger charge is 2.58. The molecule has 1 aliphatic rings. The summed E-state index contributed by atoms with van der Waals surface area (Å²) in [7, 11) is 0. The first-order chi connectivity index (χ1) is 15.1. The standard InChI is InChI=1S/C23H20ClF3N2O3/c1-2-20(31)29-18-13-15(7-8-19(18)30)28-21(32)22(23(25,26)27)11-9-14(10-12-22)16-5-3-4-6-17(16)24/h3-11,13,30H,2,12H2,1H3,(H,28,32)(H,29,31). The van der Waals surface area contributed by atoms with E-state index < -0.39 is 29.8 Å². The van der Waals surface area contributed by atoms with Gasteiger partial charge in [-0.3, -0.25) is 9.59 Å². The highest BCUT2D eigenvalue weighted by molar-refractivity contribution is 6.32. The fourth-order valence-corrected chi connectivity index (χ4v) is 3.48. The number of rotatable bonds is 5. The molecule has 168 valence electrons. The molecule has 0 aromatic heterocycles. The van der Waals surface area contributed by atoms with Crippen molar-refractivity contribution in [3.8, 4) is 5.75 Å². The van der Waals surface area contributed by atoms with Crippen molar-refractivity contribution in [2.24, 2.45) is 5.41 Å². The second-order valence-electron chi connectivity index (χ2n) is 7.23. The highest BCUT2D eigenvalue weighted by atomic mass is 35.5. The average Bonchev–Trinajstić information content (AvgIpc) is 2.75. The fourth-order valence-electron chi connectivity index (χ4n) is 3.24. The number of allylic oxidation sites excluding steroid dienone is 3. The van der Waals surface area contributed by atoms with Crippen LogP contribution in [0, 0.1) is 5.41 Å². The number of hydrogen-bond acceptors (Lipinski definition) is 3. The van der Waals surface area contributed by atoms with Crippen molar-refractivity contribution in [1.29, 1.82) is 0 Å². The van der Waals surface area contributed by atoms with Gasteiger partial charge in [-0.25, -0.2) is 0 Å². The van der Waals surface area contributed by atoms with Crippen LogP contribution in [0.4, 0.5) is 24.5 Å². The van der Waals surface area contributed by atoms with Gasteiger partial charge < -0.3 is 15.7 Å². The third-order valence-corrected chi connectivity index (χ3v) is 5.47. The lowest BCUT2D eigenvalue weighted by Crippen LogP contribution is -2.47. The Labute approximate surface area is 187 Å². The topological polar surface area (TPSA) is 78.4 Å². The summed E-state index contributed by atoms with van der Waals surface area (Å²) in [6.45, 7) is 1.60. The SMILES string of the molecule is CCC(=O)Nc1cc(NC(=O)C2(C(F)(F)F)C=CC(c3ccccc3Cl)=CC2)ccc1O. The van der Waals surface area contributed by atoms with Crippen LogP contribution in [0.25, 0.3) is 5.57 Å². The summed E-state index contributed by atoms with van der Waals surface area (Å²) < 4.78 is 42.2. The lowest BCUT2D eigenvalue weighted by Gasteiger charge is -2.33. The maximum Gasteiger partial charge on any atom is 0.406 e. The Bertz CT molecular complexity index is 1110. The van der Waals surface area contributed by atoms with Crippen LogP contribution in [0.2, 0.25) is 5.02 Å². The van der Waals surface area contributed by atoms with Crippen molar-refractivity contribution in [3.63, 3.8) is 0 Å². The summed E-state index contributed by atoms with van der Waals surface area (Å²) in [6, 6.07) is 10.4. The van der Waals surface area contributed by atoms with Gasteiger partial charge in [0.15, 0.2) is 5.41 Å². The van der Waals surface area contributed by atoms with E-state index in [1.807, 2.05) is 0 Å². The molecule has 0 radical (unpaired) electrons. The zero-order valence-corrected chi connectivity index (χ0v) is 17.7. The largest absolute Gasteiger partial charge is 0.506 e. The quantitative estimate of drug-likeness (QED) is 0.379. The minimum atomic E-state index is -4.87. The van der Waals surface area contributed by atoms with E-state index in [4.69, 9.17) is 11.6 Å². The molecule has 0 spiro atoms. The molecule has 2 amide bonds. The van der Waals surface area contributed by atoms with E-state index in [2.05, 4.69) is 10.6 Å². The summed E-state index contributed by atoms with van der Waals surface area (Å²) >= 11 is 6.14. The number of hydrogen-bond donors (Lipinski definition) is 3. The molecule has 2 aromatic rings. The number of nitrogens with one attached hydrogen (secondary N) is 2. The number of carbonyl (C=O) groups is 2. The van der Waals surface area contributed by atoms with Crippen LogP contribution >= 0.6 is 11.6 Å². The van der Waals surface area contributed by atoms with Crippen LogP contribution in [-0.4, -0.2) is 23.1 Å². The van der Waals surface area contributed by atoms with Gasteiger partial charge in [0.25, 0.3) is 0 Å². The fraction of sp³-hybridized carbons (Fsp3) is 0.217. The van der Waals surface area contributed by atoms with Crippen molar-refractivity contribution >= 4 is 40.4 Å². The Hall–Kier alpha value is -3.26. The second-order valence-corrected chi connectivity index (χ2v) is 7.64. The molecule has 0 aliphatic heterocycles. The number of phenols is 1. The smallest absolute Gasteiger partial charge is 0.406 e. The molecule has 3 N–H and O–H groups in total. The van der Waals surface area contributed by atoms with Crippen LogP contribution in [0.3, 0.4) is 0 Å². The third kappa shape index (κ3) is 4.65. The van der Waals surface area contributed by atoms with E-state index in [9.17, 15) is 27.9 Å². The summed E-state index contributed by atoms with van der Waals surface area (Å²) in [6.07, 6.45) is -1.94. The van der Waals surface area contributed by atoms with Gasteiger partial charge in [-0.2, -0.15) is 13.2 Å². The number of aromatic hydroxyl groups is 1. The van der Waals surface area contributed by atoms with E-state index in [-0.39, 0.29) is 23.5 Å². The molecule has 0 bridgehead atoms. The Balaban J connectivity index is 1.88. The molecule has 3 rings (SSSR count). The van der Waals surface area contributed by atoms with Crippen molar-refractivity contribution in [2.75, 3.05) is 10.6 Å². The first-order valence-corrected chi connectivity index (χ1v) is 10.1. The number of benzene rings is 2. The molecule has 2 aromatic carbocycles. The number of anilines is 2. The normalized spacial score (nSPS) is 18.1. The minimum absolute atomic E-state index is 0.00268. The van der Waals surface area contributed by atoms with Crippen LogP contribution in [0.15, 0.2) is 60.7 Å². The van der Waals surface area contributed by atoms with Gasteiger partial charge >= 0.3 is 6.18 Å². The summed E-state index contributed by atoms with van der Waals surface area (Å²) in [5.41, 5.74) is -1.76. The minimum Gasteiger partial charge on any atom is -0.506 e. The molecule has 5 nitrogen and oxygen atoms in total. The van der Waals surface area contributed by atoms with Gasteiger partial charge in [0.2, 0.25) is 11.8 Å². The number of halogens is 4. The number of alkyl halides is 3. The maximum atomic E-state index is 14.1. The lowest BCUT2D eigenvalue weighted by atomic mass is 9.77. The van der Waals surface area contributed by atoms with Crippen molar-refractivity contribution < 1.29 is 27.9 Å². The molecule has 32 heavy (non-hydrogen) atoms. The van der Waals surface area contributed by atoms with Crippen LogP contribution in [-0.2, 0) is 9.59 Å². The van der Waals surface area contributed by atoms with Crippen LogP contribution in [0.5, 0.6) is 5.75 Å². The van der Waals surface area contributed by atoms with E-state index >= 15 is 0 Å². The van der Waals surface area contributed by atoms with Crippen molar-refractivity contribution in [2.45, 2.75) is 25.9 Å². The number of phenolic OH excluding ortho intramolecular Hbond substituents is 1. The Morgan fingerprint density at radius 3 is 2.47 bits per heavy atom. The van der Waals surface area contributed by atoms with Crippen molar-refractivity contribution in [3.05, 3.63) is 71.3 Å². The zero-order chi connectivity index (χ0) is 23.5. The predicted octanol–water partition coefficient (Wildman–Crippen LogP) is 5.92. The van der Waals surface area contributed by atoms with E-state index in [1.54, 1.807) is 31.2 Å². The molecule has 0 heterocycles. The van der Waals surface area contributed by atoms with Gasteiger partial charge in [0.1, 0.15) is 5.75 Å². The molecule has 9 heteroatoms. The highest BCUT2D eigenvalue weighted by Crippen LogP contribution is 2.47. The van der Waals surface area contributed by atoms with Crippen LogP contribution < -0.4 is 10.6 Å². The summed E-state index contributed by atoms with van der Waals surface area (Å²) in [5.74, 6) is -1.96. The predicted molar refractivity (Wildman–Crippen MR) is 117 cm³/mol. The lowest BCUT2D eigenvalue weighted by molar-refractivity contribution is -0.203. The van der Waals surface area contributed by atoms with E-state index in [0.29, 0.717) is 16.2 Å². The Morgan fingerprint density at radius 2 is 1.88 bits per heavy atom. The van der Waals surface area contributed by atoms with Gasteiger partial charge in [0, 0.05) is 17.1 Å². The molecule has 0 saturated heterocycles. The van der Waals surface area contributed by atoms with Gasteiger partial charge in [-0.05, 0) is 41.8 Å². The molecular formula is C23H20ClF3N2O3. The second kappa shape index (κ2) is 9.08. The summed E-state index contributed by atoms with van der Waals surface area (Å²) in [5, 5.41) is 14.9. The molecule has 1 unspecified atom stereocenters. The number of carbonyl (C=O) groups excluding carboxylic acids is 2. The average molecular weight is 465 g/mol. The Morgan fingerprint density at radius 1 is 1.16 bits per heavy atom. The molecular weight excluding hydrogens is 445 g/mol. The maximum absolute atomic E-state index is 14.1. The monoisotopic (exact) mass is 464 g/mol. The number of amides is 2. The van der Waals surface area contributed by atoms with Crippen LogP contribution in [0.1, 0.15) is 25.3 Å². The van der Waals surface area contributed by atoms with Gasteiger partial charge in [-0.15, -0.1) is 0 Å². The van der Waals surface area contributed by atoms with E-state index in [1.165, 1.54) is 30.4 Å². The van der Waals surface area contributed by atoms with Crippen molar-refractivity contribution in [1.82, 2.24) is 0 Å². The Kier molecular flexibility index (Phi) is 6.64. The van der Waals surface area contributed by atoms with Gasteiger partial charge in [-0.1, -0.05) is 55.0 Å². The molecule has 1 aliphatic carbocycles. The zero-order valence-electron chi connectivity index (χ0n) is 17.0. The van der Waals surface area contributed by atoms with Gasteiger partial charge in [0.05, 0.1) is 5.69 Å². The van der Waals surface area contributed by atoms with E-state index in [0.717, 1.165) is 6.08 Å². The first kappa shape index (κ1) is 23.4. The third-order valence-electron chi connectivity index (χ3n) is 5.14. The first-order valence-electron chi connectivity index (χ1n) is 9.72. The molecule has 0 saturated carbocycles. The molecule has 0 fully saturated rings. The summed E-state index contributed by atoms with van der Waals surface area (Å²) in [4.78, 5) is 24.4. The molecule has 1 atom stereocenters.